The number of ether oxygens (including phenoxy) is 1. The van der Waals surface area contributed by atoms with Gasteiger partial charge < -0.3 is 4.74 Å². The number of para-hydroxylation sites is 1. The molecule has 3 nitrogen and oxygen atoms in total. The summed E-state index contributed by atoms with van der Waals surface area (Å²) in [5.41, 5.74) is 2.93. The van der Waals surface area contributed by atoms with E-state index in [1.165, 1.54) is 12.1 Å². The number of hydrazine groups is 1. The van der Waals surface area contributed by atoms with Gasteiger partial charge in [0.1, 0.15) is 5.75 Å². The van der Waals surface area contributed by atoms with E-state index < -0.39 is 6.36 Å². The quantitative estimate of drug-likeness (QED) is 0.621. The Morgan fingerprint density at radius 1 is 1.39 bits per heavy atom. The first-order valence-electron chi connectivity index (χ1n) is 5.27. The normalized spacial score (nSPS) is 13.4. The van der Waals surface area contributed by atoms with Crippen LogP contribution in [0.5, 0.6) is 5.75 Å². The summed E-state index contributed by atoms with van der Waals surface area (Å²) in [4.78, 5) is 0. The van der Waals surface area contributed by atoms with Crippen molar-refractivity contribution in [2.45, 2.75) is 18.8 Å². The largest absolute Gasteiger partial charge is 0.573 e. The number of halogens is 3. The van der Waals surface area contributed by atoms with Crippen molar-refractivity contribution in [2.75, 3.05) is 12.0 Å². The molecular formula is C11H15F3N2OS. The van der Waals surface area contributed by atoms with Gasteiger partial charge in [-0.15, -0.1) is 13.2 Å². The van der Waals surface area contributed by atoms with Crippen LogP contribution in [0.3, 0.4) is 0 Å². The molecule has 0 saturated carbocycles. The minimum Gasteiger partial charge on any atom is -0.405 e. The molecule has 1 aromatic rings. The Labute approximate surface area is 108 Å². The molecule has 0 aliphatic heterocycles. The Morgan fingerprint density at radius 2 is 2.06 bits per heavy atom. The van der Waals surface area contributed by atoms with Gasteiger partial charge in [0.05, 0.1) is 6.04 Å². The molecule has 1 aromatic carbocycles. The number of alkyl halides is 3. The van der Waals surface area contributed by atoms with E-state index in [1.54, 1.807) is 23.9 Å². The van der Waals surface area contributed by atoms with Gasteiger partial charge in [0.2, 0.25) is 0 Å². The highest BCUT2D eigenvalue weighted by molar-refractivity contribution is 7.98. The van der Waals surface area contributed by atoms with E-state index in [4.69, 9.17) is 5.84 Å². The smallest absolute Gasteiger partial charge is 0.405 e. The van der Waals surface area contributed by atoms with Gasteiger partial charge in [0.25, 0.3) is 0 Å². The summed E-state index contributed by atoms with van der Waals surface area (Å²) in [6, 6.07) is 5.64. The Hall–Kier alpha value is -0.920. The van der Waals surface area contributed by atoms with Gasteiger partial charge >= 0.3 is 6.36 Å². The van der Waals surface area contributed by atoms with E-state index in [2.05, 4.69) is 10.2 Å². The Morgan fingerprint density at radius 3 is 2.61 bits per heavy atom. The van der Waals surface area contributed by atoms with Crippen molar-refractivity contribution < 1.29 is 17.9 Å². The summed E-state index contributed by atoms with van der Waals surface area (Å²) in [7, 11) is 0. The molecular weight excluding hydrogens is 265 g/mol. The molecule has 1 rings (SSSR count). The fourth-order valence-electron chi connectivity index (χ4n) is 1.55. The molecule has 0 bridgehead atoms. The second-order valence-corrected chi connectivity index (χ2v) is 4.57. The number of rotatable bonds is 6. The zero-order chi connectivity index (χ0) is 13.6. The van der Waals surface area contributed by atoms with Crippen molar-refractivity contribution in [2.24, 2.45) is 5.84 Å². The van der Waals surface area contributed by atoms with Crippen molar-refractivity contribution in [3.63, 3.8) is 0 Å². The average molecular weight is 280 g/mol. The molecule has 0 fully saturated rings. The van der Waals surface area contributed by atoms with E-state index in [-0.39, 0.29) is 11.8 Å². The number of benzene rings is 1. The molecule has 18 heavy (non-hydrogen) atoms. The summed E-state index contributed by atoms with van der Waals surface area (Å²) >= 11 is 1.60. The fourth-order valence-corrected chi connectivity index (χ4v) is 2.02. The standard InChI is InChI=1S/C11H15F3N2OS/c1-18-7-6-9(16-15)8-4-2-3-5-10(8)17-11(12,13)14/h2-5,9,16H,6-7,15H2,1H3. The number of hydrogen-bond acceptors (Lipinski definition) is 4. The number of thioether (sulfide) groups is 1. The second-order valence-electron chi connectivity index (χ2n) is 3.59. The van der Waals surface area contributed by atoms with Crippen LogP contribution < -0.4 is 16.0 Å². The van der Waals surface area contributed by atoms with E-state index in [0.717, 1.165) is 5.75 Å². The van der Waals surface area contributed by atoms with Crippen molar-refractivity contribution in [3.05, 3.63) is 29.8 Å². The third-order valence-electron chi connectivity index (χ3n) is 2.33. The average Bonchev–Trinajstić information content (AvgIpc) is 2.30. The second kappa shape index (κ2) is 6.86. The highest BCUT2D eigenvalue weighted by Gasteiger charge is 2.32. The van der Waals surface area contributed by atoms with Crippen LogP contribution in [-0.2, 0) is 0 Å². The number of nitrogens with one attached hydrogen (secondary N) is 1. The third kappa shape index (κ3) is 4.75. The lowest BCUT2D eigenvalue weighted by Gasteiger charge is -2.20. The van der Waals surface area contributed by atoms with Crippen LogP contribution in [0.25, 0.3) is 0 Å². The molecule has 0 amide bonds. The molecule has 0 spiro atoms. The van der Waals surface area contributed by atoms with Gasteiger partial charge in [-0.1, -0.05) is 18.2 Å². The lowest BCUT2D eigenvalue weighted by atomic mass is 10.0. The molecule has 0 aliphatic rings. The predicted octanol–water partition coefficient (Wildman–Crippen LogP) is 2.84. The topological polar surface area (TPSA) is 47.3 Å². The summed E-state index contributed by atoms with van der Waals surface area (Å²) in [5, 5.41) is 0. The molecule has 1 atom stereocenters. The van der Waals surface area contributed by atoms with E-state index in [0.29, 0.717) is 12.0 Å². The van der Waals surface area contributed by atoms with Crippen LogP contribution in [0.1, 0.15) is 18.0 Å². The van der Waals surface area contributed by atoms with Gasteiger partial charge in [-0.3, -0.25) is 11.3 Å². The molecule has 0 aromatic heterocycles. The van der Waals surface area contributed by atoms with Gasteiger partial charge in [-0.25, -0.2) is 0 Å². The van der Waals surface area contributed by atoms with E-state index in [9.17, 15) is 13.2 Å². The third-order valence-corrected chi connectivity index (χ3v) is 2.98. The summed E-state index contributed by atoms with van der Waals surface area (Å²) in [6.07, 6.45) is -2.16. The summed E-state index contributed by atoms with van der Waals surface area (Å²) in [5.74, 6) is 5.96. The van der Waals surface area contributed by atoms with Crippen LogP contribution in [0.2, 0.25) is 0 Å². The molecule has 7 heteroatoms. The monoisotopic (exact) mass is 280 g/mol. The molecule has 0 saturated heterocycles. The van der Waals surface area contributed by atoms with Crippen molar-refractivity contribution >= 4 is 11.8 Å². The van der Waals surface area contributed by atoms with Crippen molar-refractivity contribution in [1.82, 2.24) is 5.43 Å². The van der Waals surface area contributed by atoms with Crippen LogP contribution >= 0.6 is 11.8 Å². The zero-order valence-electron chi connectivity index (χ0n) is 9.83. The minimum absolute atomic E-state index is 0.214. The van der Waals surface area contributed by atoms with Crippen LogP contribution in [0, 0.1) is 0 Å². The maximum absolute atomic E-state index is 12.3. The Balaban J connectivity index is 2.91. The van der Waals surface area contributed by atoms with Gasteiger partial charge in [-0.2, -0.15) is 11.8 Å². The maximum Gasteiger partial charge on any atom is 0.573 e. The zero-order valence-corrected chi connectivity index (χ0v) is 10.6. The van der Waals surface area contributed by atoms with Crippen molar-refractivity contribution in [3.8, 4) is 5.75 Å². The highest BCUT2D eigenvalue weighted by Crippen LogP contribution is 2.31. The lowest BCUT2D eigenvalue weighted by Crippen LogP contribution is -2.29. The summed E-state index contributed by atoms with van der Waals surface area (Å²) in [6.45, 7) is 0. The molecule has 1 unspecified atom stereocenters. The van der Waals surface area contributed by atoms with E-state index in [1.807, 2.05) is 6.26 Å². The van der Waals surface area contributed by atoms with Crippen molar-refractivity contribution in [1.29, 1.82) is 0 Å². The molecule has 102 valence electrons. The van der Waals surface area contributed by atoms with Crippen LogP contribution in [0.4, 0.5) is 13.2 Å². The molecule has 3 N–H and O–H groups in total. The van der Waals surface area contributed by atoms with Gasteiger partial charge in [-0.05, 0) is 24.5 Å². The minimum atomic E-state index is -4.70. The highest BCUT2D eigenvalue weighted by atomic mass is 32.2. The number of nitrogens with two attached hydrogens (primary N) is 1. The maximum atomic E-state index is 12.3. The predicted molar refractivity (Wildman–Crippen MR) is 66.2 cm³/mol. The van der Waals surface area contributed by atoms with Gasteiger partial charge in [0.15, 0.2) is 0 Å². The molecule has 0 radical (unpaired) electrons. The first kappa shape index (κ1) is 15.1. The Kier molecular flexibility index (Phi) is 5.77. The SMILES string of the molecule is CSCCC(NN)c1ccccc1OC(F)(F)F. The first-order valence-corrected chi connectivity index (χ1v) is 6.67. The van der Waals surface area contributed by atoms with E-state index >= 15 is 0 Å². The Bertz CT molecular complexity index is 374. The molecule has 0 heterocycles. The fraction of sp³-hybridized carbons (Fsp3) is 0.455. The first-order chi connectivity index (χ1) is 8.48. The summed E-state index contributed by atoms with van der Waals surface area (Å²) < 4.78 is 40.8. The van der Waals surface area contributed by atoms with Crippen LogP contribution in [-0.4, -0.2) is 18.4 Å². The number of hydrogen-bond donors (Lipinski definition) is 2. The molecule has 0 aliphatic carbocycles. The van der Waals surface area contributed by atoms with Gasteiger partial charge in [0, 0.05) is 5.56 Å². The van der Waals surface area contributed by atoms with Crippen LogP contribution in [0.15, 0.2) is 24.3 Å². The lowest BCUT2D eigenvalue weighted by molar-refractivity contribution is -0.275.